The number of ether oxygens (including phenoxy) is 2. The van der Waals surface area contributed by atoms with Crippen LogP contribution in [0, 0.1) is 0 Å². The number of halogens is 1. The molecule has 0 spiro atoms. The molecule has 2 N–H and O–H groups in total. The molecule has 1 fully saturated rings. The van der Waals surface area contributed by atoms with Crippen LogP contribution >= 0.6 is 24.0 Å². The van der Waals surface area contributed by atoms with Crippen LogP contribution in [0.5, 0.6) is 0 Å². The molecule has 6 heteroatoms. The number of nitrogens with zero attached hydrogens (tertiary/aromatic N) is 1. The van der Waals surface area contributed by atoms with Crippen LogP contribution in [0.15, 0.2) is 4.99 Å². The summed E-state index contributed by atoms with van der Waals surface area (Å²) in [6.45, 7) is 6.63. The van der Waals surface area contributed by atoms with Gasteiger partial charge in [0.15, 0.2) is 5.96 Å². The Morgan fingerprint density at radius 1 is 1.09 bits per heavy atom. The van der Waals surface area contributed by atoms with E-state index in [2.05, 4.69) is 22.5 Å². The van der Waals surface area contributed by atoms with E-state index in [4.69, 9.17) is 9.47 Å². The molecule has 132 valence electrons. The highest BCUT2D eigenvalue weighted by molar-refractivity contribution is 14.0. The minimum absolute atomic E-state index is 0. The van der Waals surface area contributed by atoms with Gasteiger partial charge in [-0.3, -0.25) is 4.99 Å². The summed E-state index contributed by atoms with van der Waals surface area (Å²) in [6.07, 6.45) is 8.57. The van der Waals surface area contributed by atoms with Gasteiger partial charge in [-0.25, -0.2) is 0 Å². The Kier molecular flexibility index (Phi) is 15.7. The van der Waals surface area contributed by atoms with Gasteiger partial charge in [-0.15, -0.1) is 24.0 Å². The third-order valence-electron chi connectivity index (χ3n) is 3.68. The van der Waals surface area contributed by atoms with Crippen molar-refractivity contribution in [3.8, 4) is 0 Å². The van der Waals surface area contributed by atoms with Gasteiger partial charge in [0.1, 0.15) is 0 Å². The van der Waals surface area contributed by atoms with Crippen LogP contribution in [-0.2, 0) is 9.47 Å². The SMILES string of the molecule is CCCCCCNC(=NC)NCCCOC1CCOCC1.I. The molecule has 0 unspecified atom stereocenters. The van der Waals surface area contributed by atoms with E-state index in [-0.39, 0.29) is 24.0 Å². The van der Waals surface area contributed by atoms with Crippen molar-refractivity contribution in [2.75, 3.05) is 40.0 Å². The van der Waals surface area contributed by atoms with Crippen molar-refractivity contribution >= 4 is 29.9 Å². The van der Waals surface area contributed by atoms with Crippen molar-refractivity contribution in [1.82, 2.24) is 10.6 Å². The van der Waals surface area contributed by atoms with Crippen LogP contribution in [0.2, 0.25) is 0 Å². The third kappa shape index (κ3) is 11.5. The Morgan fingerprint density at radius 2 is 1.77 bits per heavy atom. The molecule has 0 radical (unpaired) electrons. The van der Waals surface area contributed by atoms with E-state index < -0.39 is 0 Å². The van der Waals surface area contributed by atoms with Gasteiger partial charge in [0.2, 0.25) is 0 Å². The van der Waals surface area contributed by atoms with Gasteiger partial charge in [-0.05, 0) is 25.7 Å². The second-order valence-electron chi connectivity index (χ2n) is 5.52. The average Bonchev–Trinajstić information content (AvgIpc) is 2.53. The summed E-state index contributed by atoms with van der Waals surface area (Å²) < 4.78 is 11.2. The Bertz CT molecular complexity index is 272. The molecule has 0 atom stereocenters. The van der Waals surface area contributed by atoms with Gasteiger partial charge >= 0.3 is 0 Å². The standard InChI is InChI=1S/C16H33N3O2.HI/c1-3-4-5-6-10-18-16(17-2)19-11-7-12-21-15-8-13-20-14-9-15;/h15H,3-14H2,1-2H3,(H2,17,18,19);1H. The summed E-state index contributed by atoms with van der Waals surface area (Å²) in [4.78, 5) is 4.23. The lowest BCUT2D eigenvalue weighted by Crippen LogP contribution is -2.38. The van der Waals surface area contributed by atoms with E-state index in [1.807, 2.05) is 7.05 Å². The first-order chi connectivity index (χ1) is 10.4. The molecule has 1 saturated heterocycles. The number of aliphatic imine (C=N–C) groups is 1. The highest BCUT2D eigenvalue weighted by atomic mass is 127. The van der Waals surface area contributed by atoms with Crippen molar-refractivity contribution in [3.05, 3.63) is 0 Å². The van der Waals surface area contributed by atoms with Gasteiger partial charge in [0.25, 0.3) is 0 Å². The molecule has 1 rings (SSSR count). The first-order valence-electron chi connectivity index (χ1n) is 8.50. The maximum absolute atomic E-state index is 5.84. The molecule has 1 aliphatic rings. The van der Waals surface area contributed by atoms with Crippen LogP contribution in [0.4, 0.5) is 0 Å². The molecule has 0 aliphatic carbocycles. The molecule has 0 aromatic carbocycles. The zero-order valence-electron chi connectivity index (χ0n) is 14.2. The van der Waals surface area contributed by atoms with Crippen LogP contribution in [-0.4, -0.2) is 52.0 Å². The Labute approximate surface area is 153 Å². The van der Waals surface area contributed by atoms with Crippen molar-refractivity contribution in [2.45, 2.75) is 58.0 Å². The third-order valence-corrected chi connectivity index (χ3v) is 3.68. The fourth-order valence-electron chi connectivity index (χ4n) is 2.35. The molecule has 0 amide bonds. The first kappa shape index (κ1) is 21.9. The number of nitrogens with one attached hydrogen (secondary N) is 2. The largest absolute Gasteiger partial charge is 0.381 e. The van der Waals surface area contributed by atoms with E-state index in [0.29, 0.717) is 6.10 Å². The molecule has 22 heavy (non-hydrogen) atoms. The van der Waals surface area contributed by atoms with E-state index >= 15 is 0 Å². The van der Waals surface area contributed by atoms with E-state index in [0.717, 1.165) is 58.1 Å². The summed E-state index contributed by atoms with van der Waals surface area (Å²) in [5.41, 5.74) is 0. The lowest BCUT2D eigenvalue weighted by atomic mass is 10.1. The lowest BCUT2D eigenvalue weighted by Gasteiger charge is -2.22. The van der Waals surface area contributed by atoms with Crippen molar-refractivity contribution in [2.24, 2.45) is 4.99 Å². The van der Waals surface area contributed by atoms with Gasteiger partial charge < -0.3 is 20.1 Å². The zero-order chi connectivity index (χ0) is 15.2. The van der Waals surface area contributed by atoms with Gasteiger partial charge in [-0.1, -0.05) is 26.2 Å². The number of hydrogen-bond donors (Lipinski definition) is 2. The molecule has 1 aliphatic heterocycles. The van der Waals surface area contributed by atoms with E-state index in [9.17, 15) is 0 Å². The summed E-state index contributed by atoms with van der Waals surface area (Å²) in [7, 11) is 1.82. The number of hydrogen-bond acceptors (Lipinski definition) is 3. The Morgan fingerprint density at radius 3 is 2.41 bits per heavy atom. The maximum atomic E-state index is 5.84. The van der Waals surface area contributed by atoms with Gasteiger partial charge in [0.05, 0.1) is 6.10 Å². The summed E-state index contributed by atoms with van der Waals surface area (Å²) in [5.74, 6) is 0.901. The predicted molar refractivity (Wildman–Crippen MR) is 103 cm³/mol. The van der Waals surface area contributed by atoms with Crippen LogP contribution in [0.25, 0.3) is 0 Å². The minimum Gasteiger partial charge on any atom is -0.381 e. The van der Waals surface area contributed by atoms with Crippen molar-refractivity contribution < 1.29 is 9.47 Å². The van der Waals surface area contributed by atoms with Crippen LogP contribution in [0.3, 0.4) is 0 Å². The van der Waals surface area contributed by atoms with E-state index in [1.54, 1.807) is 0 Å². The smallest absolute Gasteiger partial charge is 0.190 e. The Balaban J connectivity index is 0.00000441. The fourth-order valence-corrected chi connectivity index (χ4v) is 2.35. The molecule has 5 nitrogen and oxygen atoms in total. The average molecular weight is 427 g/mol. The summed E-state index contributed by atoms with van der Waals surface area (Å²) in [5, 5.41) is 6.68. The van der Waals surface area contributed by atoms with Crippen molar-refractivity contribution in [3.63, 3.8) is 0 Å². The van der Waals surface area contributed by atoms with Crippen LogP contribution in [0.1, 0.15) is 51.9 Å². The number of unbranched alkanes of at least 4 members (excludes halogenated alkanes) is 3. The molecule has 0 aromatic rings. The highest BCUT2D eigenvalue weighted by Crippen LogP contribution is 2.10. The van der Waals surface area contributed by atoms with E-state index in [1.165, 1.54) is 25.7 Å². The quantitative estimate of drug-likeness (QED) is 0.244. The lowest BCUT2D eigenvalue weighted by molar-refractivity contribution is -0.0320. The maximum Gasteiger partial charge on any atom is 0.190 e. The second-order valence-corrected chi connectivity index (χ2v) is 5.52. The fraction of sp³-hybridized carbons (Fsp3) is 0.938. The predicted octanol–water partition coefficient (Wildman–Crippen LogP) is 2.94. The number of rotatable bonds is 10. The summed E-state index contributed by atoms with van der Waals surface area (Å²) in [6, 6.07) is 0. The Hall–Kier alpha value is -0.0800. The van der Waals surface area contributed by atoms with Crippen molar-refractivity contribution in [1.29, 1.82) is 0 Å². The zero-order valence-corrected chi connectivity index (χ0v) is 16.6. The molecular formula is C16H34IN3O2. The molecule has 0 saturated carbocycles. The van der Waals surface area contributed by atoms with Crippen LogP contribution < -0.4 is 10.6 Å². The van der Waals surface area contributed by atoms with Gasteiger partial charge in [-0.2, -0.15) is 0 Å². The molecular weight excluding hydrogens is 393 g/mol. The molecule has 0 aromatic heterocycles. The topological polar surface area (TPSA) is 54.9 Å². The molecule has 0 bridgehead atoms. The van der Waals surface area contributed by atoms with Gasteiger partial charge in [0, 0.05) is 40.0 Å². The monoisotopic (exact) mass is 427 g/mol. The highest BCUT2D eigenvalue weighted by Gasteiger charge is 2.13. The normalized spacial score (nSPS) is 16.2. The first-order valence-corrected chi connectivity index (χ1v) is 8.50. The number of guanidine groups is 1. The second kappa shape index (κ2) is 15.8. The minimum atomic E-state index is 0. The summed E-state index contributed by atoms with van der Waals surface area (Å²) >= 11 is 0. The molecule has 1 heterocycles.